The van der Waals surface area contributed by atoms with Crippen LogP contribution in [0.4, 0.5) is 0 Å². The van der Waals surface area contributed by atoms with Gasteiger partial charge in [0.25, 0.3) is 0 Å². The summed E-state index contributed by atoms with van der Waals surface area (Å²) in [6.45, 7) is 2.51. The maximum absolute atomic E-state index is 10.0. The van der Waals surface area contributed by atoms with E-state index >= 15 is 0 Å². The molecule has 0 radical (unpaired) electrons. The van der Waals surface area contributed by atoms with Gasteiger partial charge in [-0.25, -0.2) is 0 Å². The van der Waals surface area contributed by atoms with Crippen molar-refractivity contribution in [3.8, 4) is 5.75 Å². The Morgan fingerprint density at radius 3 is 2.57 bits per heavy atom. The molecular weight excluding hydrogens is 357 g/mol. The highest BCUT2D eigenvalue weighted by atomic mass is 35.5. The second-order valence-corrected chi connectivity index (χ2v) is 6.50. The van der Waals surface area contributed by atoms with Crippen LogP contribution in [0.25, 0.3) is 0 Å². The largest absolute Gasteiger partial charge is 0.489 e. The van der Waals surface area contributed by atoms with E-state index in [1.54, 1.807) is 18.2 Å². The van der Waals surface area contributed by atoms with Crippen LogP contribution in [0.3, 0.4) is 0 Å². The summed E-state index contributed by atoms with van der Waals surface area (Å²) >= 11 is 17.9. The monoisotopic (exact) mass is 373 g/mol. The number of halogens is 3. The van der Waals surface area contributed by atoms with E-state index in [2.05, 4.69) is 5.32 Å². The van der Waals surface area contributed by atoms with E-state index in [-0.39, 0.29) is 12.6 Å². The van der Waals surface area contributed by atoms with Crippen molar-refractivity contribution < 1.29 is 9.84 Å². The minimum Gasteiger partial charge on any atom is -0.489 e. The lowest BCUT2D eigenvalue weighted by Gasteiger charge is -2.18. The predicted molar refractivity (Wildman–Crippen MR) is 95.8 cm³/mol. The lowest BCUT2D eigenvalue weighted by atomic mass is 10.1. The fourth-order valence-electron chi connectivity index (χ4n) is 2.04. The summed E-state index contributed by atoms with van der Waals surface area (Å²) < 4.78 is 5.51. The van der Waals surface area contributed by atoms with Crippen molar-refractivity contribution in [2.24, 2.45) is 0 Å². The molecule has 2 aromatic carbocycles. The SMILES string of the molecule is CC(NCC(O)COc1cc(Cl)ccc1Cl)c1cccc(Cl)c1. The number of hydrogen-bond donors (Lipinski definition) is 2. The first-order valence-corrected chi connectivity index (χ1v) is 8.34. The molecule has 0 aliphatic heterocycles. The van der Waals surface area contributed by atoms with Gasteiger partial charge in [-0.3, -0.25) is 0 Å². The number of nitrogens with one attached hydrogen (secondary N) is 1. The number of aliphatic hydroxyl groups is 1. The molecule has 0 saturated carbocycles. The van der Waals surface area contributed by atoms with Crippen molar-refractivity contribution in [2.45, 2.75) is 19.1 Å². The van der Waals surface area contributed by atoms with Gasteiger partial charge in [0, 0.05) is 28.7 Å². The van der Waals surface area contributed by atoms with Gasteiger partial charge in [0.1, 0.15) is 18.5 Å². The molecule has 2 aromatic rings. The van der Waals surface area contributed by atoms with Crippen LogP contribution in [-0.4, -0.2) is 24.4 Å². The summed E-state index contributed by atoms with van der Waals surface area (Å²) in [5.41, 5.74) is 1.06. The molecule has 0 heterocycles. The molecule has 0 fully saturated rings. The Morgan fingerprint density at radius 1 is 1.09 bits per heavy atom. The predicted octanol–water partition coefficient (Wildman–Crippen LogP) is 4.74. The Hall–Kier alpha value is -0.970. The molecule has 6 heteroatoms. The normalized spacial score (nSPS) is 13.6. The standard InChI is InChI=1S/C17H18Cl3NO2/c1-11(12-3-2-4-13(18)7-12)21-9-15(22)10-23-17-8-14(19)5-6-16(17)20/h2-8,11,15,21-22H,9-10H2,1H3. The topological polar surface area (TPSA) is 41.5 Å². The van der Waals surface area contributed by atoms with Gasteiger partial charge in [0.05, 0.1) is 5.02 Å². The van der Waals surface area contributed by atoms with E-state index in [1.807, 2.05) is 31.2 Å². The molecule has 0 aliphatic carbocycles. The molecule has 0 saturated heterocycles. The molecule has 0 bridgehead atoms. The van der Waals surface area contributed by atoms with Crippen LogP contribution in [0.5, 0.6) is 5.75 Å². The van der Waals surface area contributed by atoms with Crippen LogP contribution in [0.15, 0.2) is 42.5 Å². The quantitative estimate of drug-likeness (QED) is 0.735. The summed E-state index contributed by atoms with van der Waals surface area (Å²) in [5, 5.41) is 15.0. The Balaban J connectivity index is 1.81. The van der Waals surface area contributed by atoms with Gasteiger partial charge in [-0.15, -0.1) is 0 Å². The molecule has 0 amide bonds. The number of benzene rings is 2. The van der Waals surface area contributed by atoms with Gasteiger partial charge in [0.15, 0.2) is 0 Å². The van der Waals surface area contributed by atoms with Crippen molar-refractivity contribution in [3.05, 3.63) is 63.1 Å². The summed E-state index contributed by atoms with van der Waals surface area (Å²) in [6.07, 6.45) is -0.674. The molecule has 2 N–H and O–H groups in total. The van der Waals surface area contributed by atoms with Crippen molar-refractivity contribution in [1.29, 1.82) is 0 Å². The molecule has 0 spiro atoms. The van der Waals surface area contributed by atoms with Crippen LogP contribution in [0.2, 0.25) is 15.1 Å². The first-order chi connectivity index (χ1) is 11.0. The van der Waals surface area contributed by atoms with Gasteiger partial charge >= 0.3 is 0 Å². The van der Waals surface area contributed by atoms with Gasteiger partial charge < -0.3 is 15.2 Å². The second-order valence-electron chi connectivity index (χ2n) is 5.22. The van der Waals surface area contributed by atoms with Crippen LogP contribution in [0, 0.1) is 0 Å². The molecular formula is C17H18Cl3NO2. The number of rotatable bonds is 7. The van der Waals surface area contributed by atoms with E-state index in [1.165, 1.54) is 0 Å². The summed E-state index contributed by atoms with van der Waals surface area (Å²) in [5.74, 6) is 0.459. The van der Waals surface area contributed by atoms with Gasteiger partial charge in [-0.05, 0) is 36.8 Å². The van der Waals surface area contributed by atoms with E-state index in [0.29, 0.717) is 27.4 Å². The zero-order valence-electron chi connectivity index (χ0n) is 12.6. The number of hydrogen-bond acceptors (Lipinski definition) is 3. The lowest BCUT2D eigenvalue weighted by Crippen LogP contribution is -2.33. The summed E-state index contributed by atoms with van der Waals surface area (Å²) in [7, 11) is 0. The van der Waals surface area contributed by atoms with Crippen molar-refractivity contribution in [3.63, 3.8) is 0 Å². The highest BCUT2D eigenvalue weighted by Gasteiger charge is 2.11. The fourth-order valence-corrected chi connectivity index (χ4v) is 2.57. The molecule has 23 heavy (non-hydrogen) atoms. The Bertz CT molecular complexity index is 651. The van der Waals surface area contributed by atoms with E-state index in [0.717, 1.165) is 5.56 Å². The lowest BCUT2D eigenvalue weighted by molar-refractivity contribution is 0.104. The van der Waals surface area contributed by atoms with Crippen LogP contribution in [0.1, 0.15) is 18.5 Å². The van der Waals surface area contributed by atoms with Crippen molar-refractivity contribution in [1.82, 2.24) is 5.32 Å². The minimum absolute atomic E-state index is 0.0677. The maximum atomic E-state index is 10.0. The van der Waals surface area contributed by atoms with Crippen molar-refractivity contribution >= 4 is 34.8 Å². The molecule has 2 atom stereocenters. The molecule has 2 rings (SSSR count). The Morgan fingerprint density at radius 2 is 1.83 bits per heavy atom. The number of ether oxygens (including phenoxy) is 1. The minimum atomic E-state index is -0.674. The molecule has 3 nitrogen and oxygen atoms in total. The zero-order valence-corrected chi connectivity index (χ0v) is 14.9. The van der Waals surface area contributed by atoms with E-state index in [9.17, 15) is 5.11 Å². The summed E-state index contributed by atoms with van der Waals surface area (Å²) in [6, 6.07) is 12.6. The first kappa shape index (κ1) is 18.4. The molecule has 0 aromatic heterocycles. The van der Waals surface area contributed by atoms with E-state index in [4.69, 9.17) is 39.5 Å². The Labute approximate surface area is 151 Å². The highest BCUT2D eigenvalue weighted by Crippen LogP contribution is 2.27. The number of aliphatic hydroxyl groups excluding tert-OH is 1. The van der Waals surface area contributed by atoms with Crippen LogP contribution < -0.4 is 10.1 Å². The third kappa shape index (κ3) is 5.87. The average molecular weight is 375 g/mol. The average Bonchev–Trinajstić information content (AvgIpc) is 2.53. The van der Waals surface area contributed by atoms with Gasteiger partial charge in [0.2, 0.25) is 0 Å². The summed E-state index contributed by atoms with van der Waals surface area (Å²) in [4.78, 5) is 0. The van der Waals surface area contributed by atoms with Crippen LogP contribution in [-0.2, 0) is 0 Å². The zero-order chi connectivity index (χ0) is 16.8. The Kier molecular flexibility index (Phi) is 7.00. The molecule has 0 aliphatic rings. The fraction of sp³-hybridized carbons (Fsp3) is 0.294. The third-order valence-electron chi connectivity index (χ3n) is 3.33. The third-order valence-corrected chi connectivity index (χ3v) is 4.12. The molecule has 2 unspecified atom stereocenters. The highest BCUT2D eigenvalue weighted by molar-refractivity contribution is 6.34. The van der Waals surface area contributed by atoms with Gasteiger partial charge in [-0.1, -0.05) is 46.9 Å². The van der Waals surface area contributed by atoms with Crippen LogP contribution >= 0.6 is 34.8 Å². The smallest absolute Gasteiger partial charge is 0.139 e. The van der Waals surface area contributed by atoms with Gasteiger partial charge in [-0.2, -0.15) is 0 Å². The molecule has 124 valence electrons. The van der Waals surface area contributed by atoms with Crippen molar-refractivity contribution in [2.75, 3.05) is 13.2 Å². The van der Waals surface area contributed by atoms with E-state index < -0.39 is 6.10 Å². The maximum Gasteiger partial charge on any atom is 0.139 e. The first-order valence-electron chi connectivity index (χ1n) is 7.20. The second kappa shape index (κ2) is 8.76.